The van der Waals surface area contributed by atoms with E-state index < -0.39 is 12.1 Å². The number of aromatic nitrogens is 1. The summed E-state index contributed by atoms with van der Waals surface area (Å²) in [5, 5.41) is 0. The topological polar surface area (TPSA) is 22.1 Å². The van der Waals surface area contributed by atoms with E-state index in [2.05, 4.69) is 55.5 Å². The molecule has 1 saturated carbocycles. The van der Waals surface area contributed by atoms with E-state index in [1.54, 1.807) is 0 Å². The Kier molecular flexibility index (Phi) is 8.09. The first kappa shape index (κ1) is 26.0. The van der Waals surface area contributed by atoms with Crippen LogP contribution in [0.15, 0.2) is 54.6 Å². The summed E-state index contributed by atoms with van der Waals surface area (Å²) >= 11 is 2.33. The summed E-state index contributed by atoms with van der Waals surface area (Å²) in [6.45, 7) is 6.77. The molecule has 1 heterocycles. The van der Waals surface area contributed by atoms with Gasteiger partial charge in [-0.15, -0.1) is 0 Å². The van der Waals surface area contributed by atoms with Gasteiger partial charge in [0, 0.05) is 9.13 Å². The molecule has 0 unspecified atom stereocenters. The highest BCUT2D eigenvalue weighted by molar-refractivity contribution is 14.1. The molecule has 0 amide bonds. The lowest BCUT2D eigenvalue weighted by atomic mass is 9.78. The summed E-state index contributed by atoms with van der Waals surface area (Å²) in [5.74, 6) is 0.176. The second-order valence-electron chi connectivity index (χ2n) is 9.84. The summed E-state index contributed by atoms with van der Waals surface area (Å²) in [4.78, 5) is 4.92. The fourth-order valence-corrected chi connectivity index (χ4v) is 5.71. The number of benzene rings is 2. The van der Waals surface area contributed by atoms with Gasteiger partial charge >= 0.3 is 6.18 Å². The third-order valence-electron chi connectivity index (χ3n) is 6.87. The van der Waals surface area contributed by atoms with Crippen molar-refractivity contribution in [1.82, 2.24) is 4.98 Å². The number of pyridine rings is 1. The van der Waals surface area contributed by atoms with Gasteiger partial charge in [0.15, 0.2) is 0 Å². The van der Waals surface area contributed by atoms with Crippen molar-refractivity contribution in [1.29, 1.82) is 0 Å². The number of halogens is 4. The SMILES string of the molecule is Cc1ccc(OCc2ccc(C3CCC(C(F)(F)F)CC3)cc2)c(-c2ccc(I)c(C(C)C)n2)c1. The minimum atomic E-state index is -4.06. The zero-order chi connectivity index (χ0) is 25.2. The van der Waals surface area contributed by atoms with E-state index in [0.29, 0.717) is 25.4 Å². The van der Waals surface area contributed by atoms with E-state index in [1.807, 2.05) is 42.5 Å². The van der Waals surface area contributed by atoms with Crippen LogP contribution >= 0.6 is 22.6 Å². The fraction of sp³-hybridized carbons (Fsp3) is 0.414. The van der Waals surface area contributed by atoms with E-state index >= 15 is 0 Å². The Bertz CT molecular complexity index is 1150. The maximum absolute atomic E-state index is 13.0. The van der Waals surface area contributed by atoms with Gasteiger partial charge in [-0.05, 0) is 102 Å². The predicted molar refractivity (Wildman–Crippen MR) is 143 cm³/mol. The highest BCUT2D eigenvalue weighted by Crippen LogP contribution is 2.43. The largest absolute Gasteiger partial charge is 0.488 e. The lowest BCUT2D eigenvalue weighted by Gasteiger charge is -2.30. The van der Waals surface area contributed by atoms with Crippen LogP contribution in [0.25, 0.3) is 11.3 Å². The molecule has 2 aromatic carbocycles. The highest BCUT2D eigenvalue weighted by atomic mass is 127. The quantitative estimate of drug-likeness (QED) is 0.266. The van der Waals surface area contributed by atoms with Crippen LogP contribution in [-0.2, 0) is 6.61 Å². The van der Waals surface area contributed by atoms with E-state index in [0.717, 1.165) is 43.0 Å². The summed E-state index contributed by atoms with van der Waals surface area (Å²) in [6, 6.07) is 18.4. The predicted octanol–water partition coefficient (Wildman–Crippen LogP) is 9.20. The molecule has 6 heteroatoms. The molecule has 35 heavy (non-hydrogen) atoms. The first-order valence-corrected chi connectivity index (χ1v) is 13.3. The number of alkyl halides is 3. The maximum Gasteiger partial charge on any atom is 0.391 e. The third-order valence-corrected chi connectivity index (χ3v) is 7.78. The first-order chi connectivity index (χ1) is 16.6. The van der Waals surface area contributed by atoms with Crippen LogP contribution in [0.3, 0.4) is 0 Å². The van der Waals surface area contributed by atoms with E-state index in [9.17, 15) is 13.2 Å². The zero-order valence-corrected chi connectivity index (χ0v) is 22.5. The van der Waals surface area contributed by atoms with Crippen molar-refractivity contribution in [2.24, 2.45) is 5.92 Å². The molecule has 0 bridgehead atoms. The van der Waals surface area contributed by atoms with Crippen LogP contribution in [0.1, 0.15) is 73.8 Å². The molecule has 4 rings (SSSR count). The van der Waals surface area contributed by atoms with Crippen LogP contribution in [0.5, 0.6) is 5.75 Å². The Balaban J connectivity index is 1.45. The second kappa shape index (κ2) is 10.9. The van der Waals surface area contributed by atoms with Crippen molar-refractivity contribution in [3.8, 4) is 17.0 Å². The maximum atomic E-state index is 13.0. The monoisotopic (exact) mass is 593 g/mol. The molecule has 0 radical (unpaired) electrons. The van der Waals surface area contributed by atoms with Gasteiger partial charge in [-0.25, -0.2) is 0 Å². The zero-order valence-electron chi connectivity index (χ0n) is 20.3. The Morgan fingerprint density at radius 2 is 1.66 bits per heavy atom. The third kappa shape index (κ3) is 6.38. The highest BCUT2D eigenvalue weighted by Gasteiger charge is 2.41. The molecule has 3 aromatic rings. The molecule has 0 atom stereocenters. The van der Waals surface area contributed by atoms with Crippen molar-refractivity contribution in [2.45, 2.75) is 71.1 Å². The van der Waals surface area contributed by atoms with Crippen LogP contribution in [-0.4, -0.2) is 11.2 Å². The second-order valence-corrected chi connectivity index (χ2v) is 11.0. The molecule has 0 N–H and O–H groups in total. The standard InChI is InChI=1S/C29H31F3INO/c1-18(2)28-25(33)13-14-26(34-28)24-16-19(3)4-15-27(24)35-17-20-5-7-21(8-6-20)22-9-11-23(12-10-22)29(30,31)32/h4-8,13-16,18,22-23H,9-12,17H2,1-3H3. The minimum absolute atomic E-state index is 0.203. The number of aryl methyl sites for hydroxylation is 1. The summed E-state index contributed by atoms with van der Waals surface area (Å²) in [5.41, 5.74) is 6.25. The van der Waals surface area contributed by atoms with Crippen molar-refractivity contribution >= 4 is 22.6 Å². The van der Waals surface area contributed by atoms with E-state index in [4.69, 9.17) is 9.72 Å². The number of nitrogens with zero attached hydrogens (tertiary/aromatic N) is 1. The molecule has 1 aromatic heterocycles. The van der Waals surface area contributed by atoms with Gasteiger partial charge in [0.05, 0.1) is 17.3 Å². The van der Waals surface area contributed by atoms with Crippen molar-refractivity contribution in [3.05, 3.63) is 80.6 Å². The Hall–Kier alpha value is -2.09. The van der Waals surface area contributed by atoms with Crippen LogP contribution in [0.2, 0.25) is 0 Å². The molecule has 1 aliphatic carbocycles. The van der Waals surface area contributed by atoms with Crippen LogP contribution in [0.4, 0.5) is 13.2 Å². The average Bonchev–Trinajstić information content (AvgIpc) is 2.83. The number of ether oxygens (including phenoxy) is 1. The normalized spacial score (nSPS) is 18.6. The van der Waals surface area contributed by atoms with Crippen molar-refractivity contribution in [3.63, 3.8) is 0 Å². The molecule has 0 saturated heterocycles. The Labute approximate surface area is 219 Å². The summed E-state index contributed by atoms with van der Waals surface area (Å²) in [6.07, 6.45) is -2.44. The van der Waals surface area contributed by atoms with Crippen LogP contribution in [0, 0.1) is 16.4 Å². The number of rotatable bonds is 6. The van der Waals surface area contributed by atoms with Gasteiger partial charge in [-0.2, -0.15) is 13.2 Å². The summed E-state index contributed by atoms with van der Waals surface area (Å²) < 4.78 is 46.3. The fourth-order valence-electron chi connectivity index (χ4n) is 4.78. The molecule has 0 aliphatic heterocycles. The minimum Gasteiger partial charge on any atom is -0.488 e. The molecule has 1 aliphatic rings. The average molecular weight is 593 g/mol. The molecular formula is C29H31F3INO. The Morgan fingerprint density at radius 1 is 0.971 bits per heavy atom. The molecular weight excluding hydrogens is 562 g/mol. The molecule has 2 nitrogen and oxygen atoms in total. The van der Waals surface area contributed by atoms with Gasteiger partial charge in [0.2, 0.25) is 0 Å². The lowest BCUT2D eigenvalue weighted by Crippen LogP contribution is -2.27. The smallest absolute Gasteiger partial charge is 0.391 e. The molecule has 0 spiro atoms. The van der Waals surface area contributed by atoms with Gasteiger partial charge in [-0.1, -0.05) is 49.7 Å². The van der Waals surface area contributed by atoms with E-state index in [1.165, 1.54) is 0 Å². The first-order valence-electron chi connectivity index (χ1n) is 12.2. The number of hydrogen-bond donors (Lipinski definition) is 0. The summed E-state index contributed by atoms with van der Waals surface area (Å²) in [7, 11) is 0. The van der Waals surface area contributed by atoms with Gasteiger partial charge in [-0.3, -0.25) is 4.98 Å². The van der Waals surface area contributed by atoms with Crippen molar-refractivity contribution in [2.75, 3.05) is 0 Å². The molecule has 1 fully saturated rings. The van der Waals surface area contributed by atoms with Gasteiger partial charge < -0.3 is 4.74 Å². The molecule has 186 valence electrons. The van der Waals surface area contributed by atoms with E-state index in [-0.39, 0.29) is 18.8 Å². The van der Waals surface area contributed by atoms with Gasteiger partial charge in [0.1, 0.15) is 12.4 Å². The number of hydrogen-bond acceptors (Lipinski definition) is 2. The lowest BCUT2D eigenvalue weighted by molar-refractivity contribution is -0.182. The van der Waals surface area contributed by atoms with Gasteiger partial charge in [0.25, 0.3) is 0 Å². The van der Waals surface area contributed by atoms with Crippen molar-refractivity contribution < 1.29 is 17.9 Å². The Morgan fingerprint density at radius 3 is 2.29 bits per heavy atom. The van der Waals surface area contributed by atoms with Crippen LogP contribution < -0.4 is 4.74 Å².